The lowest BCUT2D eigenvalue weighted by Gasteiger charge is -2.41. The summed E-state index contributed by atoms with van der Waals surface area (Å²) >= 11 is 5.67. The second kappa shape index (κ2) is 5.16. The zero-order valence-corrected chi connectivity index (χ0v) is 11.7. The molecule has 0 amide bonds. The fourth-order valence-electron chi connectivity index (χ4n) is 2.16. The van der Waals surface area contributed by atoms with Crippen LogP contribution in [0.4, 0.5) is 14.5 Å². The van der Waals surface area contributed by atoms with Gasteiger partial charge < -0.3 is 15.2 Å². The lowest BCUT2D eigenvalue weighted by atomic mass is 9.91. The molecule has 2 N–H and O–H groups in total. The van der Waals surface area contributed by atoms with Gasteiger partial charge in [-0.1, -0.05) is 17.7 Å². The van der Waals surface area contributed by atoms with Crippen LogP contribution >= 0.6 is 11.6 Å². The van der Waals surface area contributed by atoms with Crippen LogP contribution in [0.15, 0.2) is 36.4 Å². The Morgan fingerprint density at radius 2 is 1.86 bits per heavy atom. The number of ether oxygens (including phenoxy) is 2. The van der Waals surface area contributed by atoms with Crippen molar-refractivity contribution in [2.75, 3.05) is 18.9 Å². The maximum atomic E-state index is 13.9. The fraction of sp³-hybridized carbons (Fsp3) is 0.200. The van der Waals surface area contributed by atoms with Gasteiger partial charge in [-0.2, -0.15) is 0 Å². The summed E-state index contributed by atoms with van der Waals surface area (Å²) in [5, 5.41) is 0.0211. The molecule has 2 aromatic rings. The highest BCUT2D eigenvalue weighted by Crippen LogP contribution is 2.37. The molecule has 1 fully saturated rings. The van der Waals surface area contributed by atoms with Crippen LogP contribution in [0.25, 0.3) is 0 Å². The number of anilines is 1. The smallest absolute Gasteiger partial charge is 0.180 e. The maximum absolute atomic E-state index is 13.9. The molecule has 6 heteroatoms. The van der Waals surface area contributed by atoms with Crippen molar-refractivity contribution in [1.29, 1.82) is 0 Å². The van der Waals surface area contributed by atoms with Crippen LogP contribution in [-0.4, -0.2) is 13.2 Å². The Kier molecular flexibility index (Phi) is 3.47. The summed E-state index contributed by atoms with van der Waals surface area (Å²) in [4.78, 5) is 0. The third kappa shape index (κ3) is 2.54. The van der Waals surface area contributed by atoms with E-state index in [1.165, 1.54) is 30.3 Å². The van der Waals surface area contributed by atoms with E-state index >= 15 is 0 Å². The quantitative estimate of drug-likeness (QED) is 0.882. The number of hydrogen-bond donors (Lipinski definition) is 1. The minimum absolute atomic E-state index is 0.0211. The minimum atomic E-state index is -0.914. The van der Waals surface area contributed by atoms with Crippen molar-refractivity contribution in [3.05, 3.63) is 58.6 Å². The van der Waals surface area contributed by atoms with Crippen molar-refractivity contribution in [3.8, 4) is 5.75 Å². The Bertz CT molecular complexity index is 689. The summed E-state index contributed by atoms with van der Waals surface area (Å²) in [6.45, 7) is 0.412. The molecule has 3 rings (SSSR count). The van der Waals surface area contributed by atoms with E-state index in [1.54, 1.807) is 6.07 Å². The molecule has 0 unspecified atom stereocenters. The molecule has 0 spiro atoms. The highest BCUT2D eigenvalue weighted by molar-refractivity contribution is 6.30. The van der Waals surface area contributed by atoms with E-state index in [0.717, 1.165) is 0 Å². The molecule has 2 aromatic carbocycles. The summed E-state index contributed by atoms with van der Waals surface area (Å²) in [5.41, 5.74) is 5.44. The van der Waals surface area contributed by atoms with E-state index in [-0.39, 0.29) is 24.0 Å². The molecule has 0 radical (unpaired) electrons. The first-order valence-electron chi connectivity index (χ1n) is 6.27. The molecule has 0 bridgehead atoms. The second-order valence-electron chi connectivity index (χ2n) is 4.91. The zero-order valence-electron chi connectivity index (χ0n) is 10.9. The summed E-state index contributed by atoms with van der Waals surface area (Å²) in [7, 11) is 0. The van der Waals surface area contributed by atoms with Gasteiger partial charge in [-0.15, -0.1) is 0 Å². The average Bonchev–Trinajstić information content (AvgIpc) is 2.39. The molecule has 1 aliphatic rings. The highest BCUT2D eigenvalue weighted by atomic mass is 35.5. The van der Waals surface area contributed by atoms with Gasteiger partial charge in [-0.25, -0.2) is 8.78 Å². The number of nitrogen functional groups attached to an aromatic ring is 1. The Hall–Kier alpha value is -1.85. The molecule has 0 atom stereocenters. The van der Waals surface area contributed by atoms with E-state index in [0.29, 0.717) is 11.3 Å². The number of hydrogen-bond acceptors (Lipinski definition) is 3. The van der Waals surface area contributed by atoms with Gasteiger partial charge in [0, 0.05) is 17.3 Å². The van der Waals surface area contributed by atoms with E-state index < -0.39 is 17.2 Å². The van der Waals surface area contributed by atoms with Crippen molar-refractivity contribution in [1.82, 2.24) is 0 Å². The SMILES string of the molecule is Nc1ccc(OC2(c3ccc(Cl)c(F)c3)COC2)c(F)c1. The van der Waals surface area contributed by atoms with Gasteiger partial charge in [0.05, 0.1) is 18.2 Å². The van der Waals surface area contributed by atoms with Crippen LogP contribution in [-0.2, 0) is 10.3 Å². The Morgan fingerprint density at radius 1 is 1.10 bits per heavy atom. The standard InChI is InChI=1S/C15H12ClF2NO2/c16-11-3-1-9(5-12(11)17)15(7-20-8-15)21-14-4-2-10(19)6-13(14)18/h1-6H,7-8,19H2. The predicted octanol–water partition coefficient (Wildman–Crippen LogP) is 3.50. The van der Waals surface area contributed by atoms with Gasteiger partial charge in [0.2, 0.25) is 0 Å². The van der Waals surface area contributed by atoms with Gasteiger partial charge in [0.1, 0.15) is 5.82 Å². The highest BCUT2D eigenvalue weighted by Gasteiger charge is 2.44. The molecular formula is C15H12ClF2NO2. The zero-order chi connectivity index (χ0) is 15.0. The van der Waals surface area contributed by atoms with Crippen molar-refractivity contribution in [2.45, 2.75) is 5.60 Å². The van der Waals surface area contributed by atoms with Crippen LogP contribution in [0.2, 0.25) is 5.02 Å². The summed E-state index contributed by atoms with van der Waals surface area (Å²) in [6, 6.07) is 8.51. The number of nitrogens with two attached hydrogens (primary N) is 1. The molecule has 0 aromatic heterocycles. The van der Waals surface area contributed by atoms with Gasteiger partial charge >= 0.3 is 0 Å². The van der Waals surface area contributed by atoms with E-state index in [9.17, 15) is 8.78 Å². The third-order valence-electron chi connectivity index (χ3n) is 3.38. The van der Waals surface area contributed by atoms with Crippen molar-refractivity contribution in [2.24, 2.45) is 0 Å². The van der Waals surface area contributed by atoms with Crippen LogP contribution in [0, 0.1) is 11.6 Å². The van der Waals surface area contributed by atoms with Crippen molar-refractivity contribution >= 4 is 17.3 Å². The third-order valence-corrected chi connectivity index (χ3v) is 3.68. The monoisotopic (exact) mass is 311 g/mol. The maximum Gasteiger partial charge on any atom is 0.180 e. The van der Waals surface area contributed by atoms with Crippen molar-refractivity contribution < 1.29 is 18.3 Å². The van der Waals surface area contributed by atoms with Crippen LogP contribution in [0.1, 0.15) is 5.56 Å². The number of benzene rings is 2. The first kappa shape index (κ1) is 14.1. The molecule has 1 aliphatic heterocycles. The van der Waals surface area contributed by atoms with Gasteiger partial charge in [0.25, 0.3) is 0 Å². The average molecular weight is 312 g/mol. The molecule has 21 heavy (non-hydrogen) atoms. The summed E-state index contributed by atoms with van der Waals surface area (Å²) in [6.07, 6.45) is 0. The lowest BCUT2D eigenvalue weighted by Crippen LogP contribution is -2.51. The number of rotatable bonds is 3. The molecule has 0 saturated carbocycles. The summed E-state index contributed by atoms with van der Waals surface area (Å²) < 4.78 is 38.4. The van der Waals surface area contributed by atoms with E-state index in [4.69, 9.17) is 26.8 Å². The molecule has 110 valence electrons. The van der Waals surface area contributed by atoms with Crippen LogP contribution in [0.5, 0.6) is 5.75 Å². The predicted molar refractivity (Wildman–Crippen MR) is 75.3 cm³/mol. The first-order valence-corrected chi connectivity index (χ1v) is 6.65. The topological polar surface area (TPSA) is 44.5 Å². The molecule has 3 nitrogen and oxygen atoms in total. The molecule has 0 aliphatic carbocycles. The second-order valence-corrected chi connectivity index (χ2v) is 5.32. The normalized spacial score (nSPS) is 16.3. The van der Waals surface area contributed by atoms with Gasteiger partial charge in [-0.05, 0) is 24.3 Å². The van der Waals surface area contributed by atoms with Gasteiger partial charge in [0.15, 0.2) is 17.2 Å². The van der Waals surface area contributed by atoms with Gasteiger partial charge in [-0.3, -0.25) is 0 Å². The summed E-state index contributed by atoms with van der Waals surface area (Å²) in [5.74, 6) is -1.08. The van der Waals surface area contributed by atoms with Crippen LogP contribution < -0.4 is 10.5 Å². The fourth-order valence-corrected chi connectivity index (χ4v) is 2.28. The molecule has 1 saturated heterocycles. The van der Waals surface area contributed by atoms with Crippen molar-refractivity contribution in [3.63, 3.8) is 0 Å². The Morgan fingerprint density at radius 3 is 2.43 bits per heavy atom. The Labute approximate surface area is 125 Å². The molecule has 1 heterocycles. The van der Waals surface area contributed by atoms with E-state index in [1.807, 2.05) is 0 Å². The van der Waals surface area contributed by atoms with Crippen LogP contribution in [0.3, 0.4) is 0 Å². The lowest BCUT2D eigenvalue weighted by molar-refractivity contribution is -0.169. The molecular weight excluding hydrogens is 300 g/mol. The minimum Gasteiger partial charge on any atom is -0.475 e. The van der Waals surface area contributed by atoms with E-state index in [2.05, 4.69) is 0 Å². The first-order chi connectivity index (χ1) is 10.00. The largest absolute Gasteiger partial charge is 0.475 e. The number of halogens is 3. The Balaban J connectivity index is 1.95.